The number of hydrogen-bond acceptors (Lipinski definition) is 2. The highest BCUT2D eigenvalue weighted by Gasteiger charge is 2.17. The summed E-state index contributed by atoms with van der Waals surface area (Å²) < 4.78 is 1.91. The molecule has 3 heteroatoms. The molecule has 0 saturated carbocycles. The van der Waals surface area contributed by atoms with Gasteiger partial charge in [0.15, 0.2) is 0 Å². The van der Waals surface area contributed by atoms with E-state index in [9.17, 15) is 0 Å². The Kier molecular flexibility index (Phi) is 5.00. The molecule has 0 aliphatic heterocycles. The highest BCUT2D eigenvalue weighted by molar-refractivity contribution is 5.20. The maximum absolute atomic E-state index is 4.42. The molecular formula is C13H25N3. The summed E-state index contributed by atoms with van der Waals surface area (Å²) in [6.45, 7) is 9.83. The van der Waals surface area contributed by atoms with Crippen LogP contribution in [0.25, 0.3) is 0 Å². The Bertz CT molecular complexity index is 317. The zero-order valence-electron chi connectivity index (χ0n) is 11.2. The number of nitrogens with zero attached hydrogens (tertiary/aromatic N) is 2. The minimum Gasteiger partial charge on any atom is -0.310 e. The van der Waals surface area contributed by atoms with E-state index in [2.05, 4.69) is 44.3 Å². The molecule has 2 unspecified atom stereocenters. The Morgan fingerprint density at radius 2 is 2.12 bits per heavy atom. The zero-order chi connectivity index (χ0) is 12.1. The molecule has 1 rings (SSSR count). The monoisotopic (exact) mass is 223 g/mol. The number of rotatable bonds is 6. The molecule has 0 aromatic carbocycles. The molecule has 0 amide bonds. The molecule has 0 aliphatic rings. The first-order valence-electron chi connectivity index (χ1n) is 6.31. The van der Waals surface area contributed by atoms with Gasteiger partial charge in [-0.25, -0.2) is 0 Å². The topological polar surface area (TPSA) is 29.9 Å². The Morgan fingerprint density at radius 1 is 1.44 bits per heavy atom. The molecule has 2 atom stereocenters. The molecule has 1 N–H and O–H groups in total. The van der Waals surface area contributed by atoms with Crippen molar-refractivity contribution in [3.05, 3.63) is 17.5 Å². The van der Waals surface area contributed by atoms with Crippen molar-refractivity contribution < 1.29 is 0 Å². The minimum atomic E-state index is 0.452. The van der Waals surface area contributed by atoms with Crippen molar-refractivity contribution in [1.82, 2.24) is 15.1 Å². The van der Waals surface area contributed by atoms with Gasteiger partial charge in [-0.15, -0.1) is 0 Å². The number of aromatic nitrogens is 2. The number of hydrogen-bond donors (Lipinski definition) is 1. The third kappa shape index (κ3) is 3.34. The van der Waals surface area contributed by atoms with Gasteiger partial charge in [0.05, 0.1) is 5.69 Å². The average Bonchev–Trinajstić information content (AvgIpc) is 2.57. The van der Waals surface area contributed by atoms with Crippen LogP contribution >= 0.6 is 0 Å². The van der Waals surface area contributed by atoms with Gasteiger partial charge >= 0.3 is 0 Å². The van der Waals surface area contributed by atoms with Crippen LogP contribution in [0.1, 0.15) is 50.9 Å². The molecule has 0 fully saturated rings. The van der Waals surface area contributed by atoms with Crippen LogP contribution in [0, 0.1) is 12.8 Å². The van der Waals surface area contributed by atoms with Crippen molar-refractivity contribution in [2.45, 2.75) is 46.6 Å². The maximum Gasteiger partial charge on any atom is 0.0641 e. The van der Waals surface area contributed by atoms with E-state index in [1.807, 2.05) is 11.7 Å². The molecule has 0 saturated heterocycles. The molecule has 0 bridgehead atoms. The number of nitrogens with one attached hydrogen (secondary N) is 1. The molecule has 1 aromatic rings. The van der Waals surface area contributed by atoms with Crippen molar-refractivity contribution >= 4 is 0 Å². The van der Waals surface area contributed by atoms with Crippen LogP contribution in [-0.2, 0) is 7.05 Å². The quantitative estimate of drug-likeness (QED) is 0.803. The lowest BCUT2D eigenvalue weighted by Gasteiger charge is -2.20. The summed E-state index contributed by atoms with van der Waals surface area (Å²) in [5, 5.41) is 7.99. The number of aryl methyl sites for hydroxylation is 2. The fourth-order valence-corrected chi connectivity index (χ4v) is 2.10. The third-order valence-electron chi connectivity index (χ3n) is 3.21. The largest absolute Gasteiger partial charge is 0.310 e. The Labute approximate surface area is 99.2 Å². The second-order valence-electron chi connectivity index (χ2n) is 4.70. The van der Waals surface area contributed by atoms with Gasteiger partial charge in [0.1, 0.15) is 0 Å². The summed E-state index contributed by atoms with van der Waals surface area (Å²) in [4.78, 5) is 0. The van der Waals surface area contributed by atoms with Crippen LogP contribution in [0.15, 0.2) is 6.20 Å². The van der Waals surface area contributed by atoms with Gasteiger partial charge in [0.2, 0.25) is 0 Å². The molecule has 0 radical (unpaired) electrons. The van der Waals surface area contributed by atoms with E-state index in [-0.39, 0.29) is 0 Å². The smallest absolute Gasteiger partial charge is 0.0641 e. The van der Waals surface area contributed by atoms with Crippen LogP contribution < -0.4 is 5.32 Å². The van der Waals surface area contributed by atoms with Gasteiger partial charge in [0.25, 0.3) is 0 Å². The van der Waals surface area contributed by atoms with Gasteiger partial charge < -0.3 is 5.32 Å². The first kappa shape index (κ1) is 13.2. The fraction of sp³-hybridized carbons (Fsp3) is 0.769. The highest BCUT2D eigenvalue weighted by Crippen LogP contribution is 2.24. The zero-order valence-corrected chi connectivity index (χ0v) is 11.2. The van der Waals surface area contributed by atoms with E-state index in [1.165, 1.54) is 18.4 Å². The van der Waals surface area contributed by atoms with Gasteiger partial charge in [-0.3, -0.25) is 4.68 Å². The van der Waals surface area contributed by atoms with Crippen molar-refractivity contribution in [2.24, 2.45) is 13.0 Å². The lowest BCUT2D eigenvalue weighted by molar-refractivity contribution is 0.407. The maximum atomic E-state index is 4.42. The third-order valence-corrected chi connectivity index (χ3v) is 3.21. The van der Waals surface area contributed by atoms with Crippen LogP contribution in [0.2, 0.25) is 0 Å². The van der Waals surface area contributed by atoms with Crippen LogP contribution in [0.3, 0.4) is 0 Å². The summed E-state index contributed by atoms with van der Waals surface area (Å²) in [5.74, 6) is 0.753. The molecule has 3 nitrogen and oxygen atoms in total. The van der Waals surface area contributed by atoms with Crippen LogP contribution in [0.4, 0.5) is 0 Å². The highest BCUT2D eigenvalue weighted by atomic mass is 15.3. The first-order chi connectivity index (χ1) is 7.58. The summed E-state index contributed by atoms with van der Waals surface area (Å²) in [7, 11) is 1.99. The van der Waals surface area contributed by atoms with E-state index in [1.54, 1.807) is 0 Å². The van der Waals surface area contributed by atoms with E-state index in [0.717, 1.165) is 18.2 Å². The predicted molar refractivity (Wildman–Crippen MR) is 68.4 cm³/mol. The lowest BCUT2D eigenvalue weighted by atomic mass is 9.94. The lowest BCUT2D eigenvalue weighted by Crippen LogP contribution is -2.23. The summed E-state index contributed by atoms with van der Waals surface area (Å²) in [6, 6.07) is 0.452. The molecular weight excluding hydrogens is 198 g/mol. The first-order valence-corrected chi connectivity index (χ1v) is 6.31. The second-order valence-corrected chi connectivity index (χ2v) is 4.70. The summed E-state index contributed by atoms with van der Waals surface area (Å²) in [5.41, 5.74) is 2.50. The molecule has 0 aliphatic carbocycles. The van der Waals surface area contributed by atoms with E-state index in [4.69, 9.17) is 0 Å². The summed E-state index contributed by atoms with van der Waals surface area (Å²) >= 11 is 0. The van der Waals surface area contributed by atoms with Gasteiger partial charge in [-0.1, -0.05) is 27.2 Å². The Hall–Kier alpha value is -0.830. The molecule has 92 valence electrons. The normalized spacial score (nSPS) is 15.1. The van der Waals surface area contributed by atoms with E-state index in [0.29, 0.717) is 6.04 Å². The molecule has 1 aromatic heterocycles. The predicted octanol–water partition coefficient (Wildman–Crippen LogP) is 2.82. The van der Waals surface area contributed by atoms with Gasteiger partial charge in [-0.05, 0) is 25.8 Å². The van der Waals surface area contributed by atoms with E-state index >= 15 is 0 Å². The van der Waals surface area contributed by atoms with Crippen LogP contribution in [-0.4, -0.2) is 16.3 Å². The van der Waals surface area contributed by atoms with Crippen molar-refractivity contribution in [2.75, 3.05) is 6.54 Å². The molecule has 0 spiro atoms. The average molecular weight is 223 g/mol. The SMILES string of the molecule is CCNC(CC(C)CC)c1cn(C)nc1C. The van der Waals surface area contributed by atoms with Crippen molar-refractivity contribution in [1.29, 1.82) is 0 Å². The minimum absolute atomic E-state index is 0.452. The van der Waals surface area contributed by atoms with Crippen LogP contribution in [0.5, 0.6) is 0 Å². The van der Waals surface area contributed by atoms with E-state index < -0.39 is 0 Å². The van der Waals surface area contributed by atoms with Crippen molar-refractivity contribution in [3.63, 3.8) is 0 Å². The fourth-order valence-electron chi connectivity index (χ4n) is 2.10. The molecule has 1 heterocycles. The summed E-state index contributed by atoms with van der Waals surface area (Å²) in [6.07, 6.45) is 4.57. The van der Waals surface area contributed by atoms with Crippen molar-refractivity contribution in [3.8, 4) is 0 Å². The molecule has 16 heavy (non-hydrogen) atoms. The van der Waals surface area contributed by atoms with Gasteiger partial charge in [-0.2, -0.15) is 5.10 Å². The Balaban J connectivity index is 2.80. The second kappa shape index (κ2) is 6.04. The standard InChI is InChI=1S/C13H25N3/c1-6-10(3)8-13(14-7-2)12-9-16(5)15-11(12)4/h9-10,13-14H,6-8H2,1-5H3. The van der Waals surface area contributed by atoms with Gasteiger partial charge in [0, 0.05) is 24.8 Å². The Morgan fingerprint density at radius 3 is 2.56 bits per heavy atom.